The summed E-state index contributed by atoms with van der Waals surface area (Å²) < 4.78 is 0. The third kappa shape index (κ3) is 2.04. The Kier molecular flexibility index (Phi) is 3.19. The molecular formula is C26H25N3. The number of anilines is 1. The van der Waals surface area contributed by atoms with Gasteiger partial charge in [0.25, 0.3) is 0 Å². The van der Waals surface area contributed by atoms with Crippen LogP contribution >= 0.6 is 0 Å². The number of nitrogens with one attached hydrogen (secondary N) is 1. The second-order valence-corrected chi connectivity index (χ2v) is 9.08. The molecule has 4 aliphatic heterocycles. The lowest BCUT2D eigenvalue weighted by Gasteiger charge is -2.36. The zero-order valence-electron chi connectivity index (χ0n) is 16.4. The average molecular weight is 380 g/mol. The first-order chi connectivity index (χ1) is 14.4. The maximum Gasteiger partial charge on any atom is 0.0918 e. The van der Waals surface area contributed by atoms with Gasteiger partial charge in [-0.25, -0.2) is 0 Å². The van der Waals surface area contributed by atoms with E-state index in [-0.39, 0.29) is 5.41 Å². The van der Waals surface area contributed by atoms with Gasteiger partial charge in [-0.1, -0.05) is 78.9 Å². The summed E-state index contributed by atoms with van der Waals surface area (Å²) >= 11 is 0. The molecule has 3 fully saturated rings. The normalized spacial score (nSPS) is 36.1. The first kappa shape index (κ1) is 16.2. The number of rotatable bonds is 3. The van der Waals surface area contributed by atoms with Crippen molar-refractivity contribution in [2.45, 2.75) is 42.7 Å². The van der Waals surface area contributed by atoms with E-state index in [1.807, 2.05) is 0 Å². The van der Waals surface area contributed by atoms with E-state index >= 15 is 0 Å². The molecule has 3 aromatic rings. The summed E-state index contributed by atoms with van der Waals surface area (Å²) in [4.78, 5) is 5.54. The molecule has 3 nitrogen and oxygen atoms in total. The fourth-order valence-corrected chi connectivity index (χ4v) is 6.78. The molecule has 1 unspecified atom stereocenters. The van der Waals surface area contributed by atoms with Gasteiger partial charge >= 0.3 is 0 Å². The molecule has 1 spiro atoms. The van der Waals surface area contributed by atoms with Crippen LogP contribution in [0.1, 0.15) is 29.2 Å². The average Bonchev–Trinajstić information content (AvgIpc) is 3.08. The Morgan fingerprint density at radius 1 is 0.862 bits per heavy atom. The Bertz CT molecular complexity index is 1070. The molecule has 4 heterocycles. The molecule has 0 aromatic heterocycles. The highest BCUT2D eigenvalue weighted by Gasteiger charge is 2.76. The van der Waals surface area contributed by atoms with E-state index in [1.165, 1.54) is 29.8 Å². The van der Waals surface area contributed by atoms with Crippen molar-refractivity contribution >= 4 is 5.69 Å². The number of likely N-dealkylation sites (tertiary alicyclic amines) is 1. The van der Waals surface area contributed by atoms with Crippen LogP contribution in [0.2, 0.25) is 0 Å². The molecule has 0 amide bonds. The van der Waals surface area contributed by atoms with Crippen molar-refractivity contribution in [3.63, 3.8) is 0 Å². The predicted molar refractivity (Wildman–Crippen MR) is 116 cm³/mol. The van der Waals surface area contributed by atoms with Crippen molar-refractivity contribution in [2.24, 2.45) is 0 Å². The molecular weight excluding hydrogens is 354 g/mol. The third-order valence-corrected chi connectivity index (χ3v) is 7.83. The van der Waals surface area contributed by atoms with Crippen LogP contribution in [0.4, 0.5) is 5.69 Å². The molecule has 0 saturated carbocycles. The van der Waals surface area contributed by atoms with Crippen LogP contribution in [0.15, 0.2) is 84.9 Å². The summed E-state index contributed by atoms with van der Waals surface area (Å²) in [5, 5.41) is 3.93. The van der Waals surface area contributed by atoms with Gasteiger partial charge in [0.15, 0.2) is 0 Å². The van der Waals surface area contributed by atoms with E-state index in [9.17, 15) is 0 Å². The molecule has 0 aliphatic carbocycles. The topological polar surface area (TPSA) is 18.3 Å². The number of hydrogen-bond donors (Lipinski definition) is 1. The number of piperidine rings is 1. The van der Waals surface area contributed by atoms with Crippen LogP contribution in [0.25, 0.3) is 0 Å². The molecule has 0 bridgehead atoms. The van der Waals surface area contributed by atoms with Crippen LogP contribution in [0.5, 0.6) is 0 Å². The largest absolute Gasteiger partial charge is 0.368 e. The Balaban J connectivity index is 1.32. The van der Waals surface area contributed by atoms with E-state index in [4.69, 9.17) is 0 Å². The fourth-order valence-electron chi connectivity index (χ4n) is 6.78. The first-order valence-corrected chi connectivity index (χ1v) is 10.8. The van der Waals surface area contributed by atoms with Gasteiger partial charge in [-0.05, 0) is 35.7 Å². The van der Waals surface area contributed by atoms with Gasteiger partial charge in [-0.2, -0.15) is 0 Å². The van der Waals surface area contributed by atoms with Crippen molar-refractivity contribution in [1.29, 1.82) is 0 Å². The van der Waals surface area contributed by atoms with Crippen LogP contribution in [-0.2, 0) is 12.0 Å². The van der Waals surface area contributed by atoms with E-state index in [2.05, 4.69) is 100 Å². The minimum Gasteiger partial charge on any atom is -0.368 e. The predicted octanol–water partition coefficient (Wildman–Crippen LogP) is 4.39. The monoisotopic (exact) mass is 379 g/mol. The maximum atomic E-state index is 3.93. The zero-order valence-corrected chi connectivity index (χ0v) is 16.4. The lowest BCUT2D eigenvalue weighted by atomic mass is 9.73. The lowest BCUT2D eigenvalue weighted by molar-refractivity contribution is 0.206. The van der Waals surface area contributed by atoms with Crippen LogP contribution in [0, 0.1) is 0 Å². The zero-order chi connectivity index (χ0) is 19.0. The quantitative estimate of drug-likeness (QED) is 0.681. The SMILES string of the molecule is c1ccc(CN2CC[C@@]34c5ccccc5N[C@@H]3[N@]3C(c5ccccc5)[C@@H]3[C@@H]24)cc1. The minimum absolute atomic E-state index is 0.224. The highest BCUT2D eigenvalue weighted by molar-refractivity contribution is 5.66. The van der Waals surface area contributed by atoms with Gasteiger partial charge in [0.1, 0.15) is 0 Å². The number of para-hydroxylation sites is 1. The number of hydrogen-bond acceptors (Lipinski definition) is 3. The summed E-state index contributed by atoms with van der Waals surface area (Å²) in [6.07, 6.45) is 1.66. The number of benzene rings is 3. The summed E-state index contributed by atoms with van der Waals surface area (Å²) in [6.45, 7) is 2.23. The molecule has 3 aromatic carbocycles. The lowest BCUT2D eigenvalue weighted by Crippen LogP contribution is -2.48. The van der Waals surface area contributed by atoms with Crippen molar-refractivity contribution in [3.05, 3.63) is 102 Å². The third-order valence-electron chi connectivity index (χ3n) is 7.83. The molecule has 29 heavy (non-hydrogen) atoms. The molecule has 0 radical (unpaired) electrons. The summed E-state index contributed by atoms with van der Waals surface area (Å²) in [6, 6.07) is 32.9. The molecule has 6 atom stereocenters. The van der Waals surface area contributed by atoms with Crippen LogP contribution in [0.3, 0.4) is 0 Å². The fraction of sp³-hybridized carbons (Fsp3) is 0.308. The Morgan fingerprint density at radius 2 is 1.59 bits per heavy atom. The van der Waals surface area contributed by atoms with Gasteiger partial charge in [-0.15, -0.1) is 0 Å². The molecule has 3 heteroatoms. The van der Waals surface area contributed by atoms with E-state index in [0.29, 0.717) is 24.3 Å². The van der Waals surface area contributed by atoms with Crippen molar-refractivity contribution in [1.82, 2.24) is 9.80 Å². The van der Waals surface area contributed by atoms with Crippen molar-refractivity contribution in [2.75, 3.05) is 11.9 Å². The van der Waals surface area contributed by atoms with Crippen LogP contribution < -0.4 is 5.32 Å². The van der Waals surface area contributed by atoms with E-state index in [0.717, 1.165) is 6.54 Å². The second kappa shape index (κ2) is 5.71. The Hall–Kier alpha value is -2.62. The maximum absolute atomic E-state index is 3.93. The summed E-state index contributed by atoms with van der Waals surface area (Å²) in [5.41, 5.74) is 6.01. The second-order valence-electron chi connectivity index (χ2n) is 9.08. The number of fused-ring (bicyclic) bond motifs is 4. The van der Waals surface area contributed by atoms with Crippen molar-refractivity contribution < 1.29 is 0 Å². The van der Waals surface area contributed by atoms with Gasteiger partial charge in [-0.3, -0.25) is 9.80 Å². The van der Waals surface area contributed by atoms with Gasteiger partial charge in [0, 0.05) is 29.7 Å². The standard InChI is InChI=1S/C26H25N3/c1-3-9-18(10-4-1)17-28-16-15-26-20-13-7-8-14-21(20)27-25(26)29-22(23(29)24(26)28)19-11-5-2-6-12-19/h1-14,22-25,27H,15-17H2/t22?,23-,24-,25-,26+,29-/m1/s1. The Morgan fingerprint density at radius 3 is 2.41 bits per heavy atom. The minimum atomic E-state index is 0.224. The molecule has 3 saturated heterocycles. The highest BCUT2D eigenvalue weighted by atomic mass is 15.5. The van der Waals surface area contributed by atoms with Gasteiger partial charge in [0.2, 0.25) is 0 Å². The Labute approximate surface area is 172 Å². The number of nitrogens with zero attached hydrogens (tertiary/aromatic N) is 2. The first-order valence-electron chi connectivity index (χ1n) is 10.8. The van der Waals surface area contributed by atoms with E-state index < -0.39 is 0 Å². The summed E-state index contributed by atoms with van der Waals surface area (Å²) in [7, 11) is 0. The highest BCUT2D eigenvalue weighted by Crippen LogP contribution is 2.67. The van der Waals surface area contributed by atoms with Gasteiger partial charge < -0.3 is 5.32 Å². The van der Waals surface area contributed by atoms with Crippen molar-refractivity contribution in [3.8, 4) is 0 Å². The smallest absolute Gasteiger partial charge is 0.0918 e. The molecule has 7 rings (SSSR count). The molecule has 4 aliphatic rings. The van der Waals surface area contributed by atoms with E-state index in [1.54, 1.807) is 5.56 Å². The van der Waals surface area contributed by atoms with Crippen LogP contribution in [-0.4, -0.2) is 34.6 Å². The summed E-state index contributed by atoms with van der Waals surface area (Å²) in [5.74, 6) is 0. The molecule has 144 valence electrons. The van der Waals surface area contributed by atoms with Gasteiger partial charge in [0.05, 0.1) is 12.2 Å². The molecule has 1 N–H and O–H groups in total.